The smallest absolute Gasteiger partial charge is 0.140 e. The second-order valence-electron chi connectivity index (χ2n) is 5.41. The van der Waals surface area contributed by atoms with Gasteiger partial charge in [0, 0.05) is 17.1 Å². The monoisotopic (exact) mass is 336 g/mol. The molecule has 0 aliphatic rings. The molecule has 2 rings (SSSR count). The normalized spacial score (nSPS) is 12.8. The van der Waals surface area contributed by atoms with Crippen molar-refractivity contribution in [3.8, 4) is 0 Å². The fourth-order valence-corrected chi connectivity index (χ4v) is 2.48. The summed E-state index contributed by atoms with van der Waals surface area (Å²) >= 11 is 3.50. The molecule has 0 fully saturated rings. The summed E-state index contributed by atoms with van der Waals surface area (Å²) in [7, 11) is 0. The second kappa shape index (κ2) is 6.99. The molecular formula is C15H21BrN4. The topological polar surface area (TPSA) is 42.7 Å². The molecule has 1 atom stereocenters. The lowest BCUT2D eigenvalue weighted by molar-refractivity contribution is 0.449. The maximum absolute atomic E-state index is 4.33. The van der Waals surface area contributed by atoms with E-state index in [1.807, 2.05) is 10.7 Å². The average Bonchev–Trinajstić information content (AvgIpc) is 2.82. The van der Waals surface area contributed by atoms with Crippen LogP contribution in [0.4, 0.5) is 0 Å². The predicted molar refractivity (Wildman–Crippen MR) is 84.3 cm³/mol. The molecule has 0 saturated carbocycles. The summed E-state index contributed by atoms with van der Waals surface area (Å²) in [5, 5.41) is 7.78. The average molecular weight is 337 g/mol. The lowest BCUT2D eigenvalue weighted by atomic mass is 10.1. The van der Waals surface area contributed by atoms with Crippen molar-refractivity contribution in [2.24, 2.45) is 5.92 Å². The molecule has 0 unspecified atom stereocenters. The van der Waals surface area contributed by atoms with Gasteiger partial charge in [-0.25, -0.2) is 9.67 Å². The third-order valence-corrected chi connectivity index (χ3v) is 3.64. The van der Waals surface area contributed by atoms with Gasteiger partial charge in [-0.15, -0.1) is 0 Å². The van der Waals surface area contributed by atoms with Gasteiger partial charge < -0.3 is 5.32 Å². The summed E-state index contributed by atoms with van der Waals surface area (Å²) in [6.07, 6.45) is 1.63. The van der Waals surface area contributed by atoms with Gasteiger partial charge in [-0.1, -0.05) is 41.9 Å². The summed E-state index contributed by atoms with van der Waals surface area (Å²) in [6, 6.07) is 8.63. The van der Waals surface area contributed by atoms with Crippen LogP contribution in [0.3, 0.4) is 0 Å². The molecule has 2 aromatic rings. The molecule has 0 radical (unpaired) electrons. The zero-order valence-corrected chi connectivity index (χ0v) is 13.8. The molecule has 20 heavy (non-hydrogen) atoms. The van der Waals surface area contributed by atoms with Crippen molar-refractivity contribution in [1.82, 2.24) is 20.1 Å². The number of rotatable bonds is 6. The highest BCUT2D eigenvalue weighted by Crippen LogP contribution is 2.18. The van der Waals surface area contributed by atoms with E-state index in [4.69, 9.17) is 0 Å². The van der Waals surface area contributed by atoms with Crippen LogP contribution in [0, 0.1) is 5.92 Å². The molecule has 0 aliphatic carbocycles. The Balaban J connectivity index is 1.97. The second-order valence-corrected chi connectivity index (χ2v) is 6.33. The number of nitrogens with one attached hydrogen (secondary N) is 1. The fourth-order valence-electron chi connectivity index (χ4n) is 2.06. The molecule has 1 heterocycles. The molecule has 0 spiro atoms. The zero-order chi connectivity index (χ0) is 14.5. The molecule has 0 aliphatic heterocycles. The van der Waals surface area contributed by atoms with Crippen LogP contribution in [-0.4, -0.2) is 14.8 Å². The Morgan fingerprint density at radius 2 is 2.10 bits per heavy atom. The predicted octanol–water partition coefficient (Wildman–Crippen LogP) is 3.55. The molecular weight excluding hydrogens is 316 g/mol. The van der Waals surface area contributed by atoms with Gasteiger partial charge in [-0.3, -0.25) is 0 Å². The molecule has 0 saturated heterocycles. The fraction of sp³-hybridized carbons (Fsp3) is 0.467. The van der Waals surface area contributed by atoms with E-state index in [0.29, 0.717) is 5.92 Å². The Morgan fingerprint density at radius 3 is 2.80 bits per heavy atom. The Labute approximate surface area is 128 Å². The van der Waals surface area contributed by atoms with Crippen LogP contribution in [0.2, 0.25) is 0 Å². The van der Waals surface area contributed by atoms with E-state index in [0.717, 1.165) is 23.4 Å². The van der Waals surface area contributed by atoms with Crippen LogP contribution in [0.5, 0.6) is 0 Å². The van der Waals surface area contributed by atoms with Gasteiger partial charge >= 0.3 is 0 Å². The van der Waals surface area contributed by atoms with Crippen LogP contribution in [0.15, 0.2) is 35.1 Å². The molecule has 4 nitrogen and oxygen atoms in total. The number of nitrogens with zero attached hydrogens (tertiary/aromatic N) is 3. The van der Waals surface area contributed by atoms with Crippen molar-refractivity contribution >= 4 is 15.9 Å². The van der Waals surface area contributed by atoms with Crippen molar-refractivity contribution in [3.05, 3.63) is 46.5 Å². The van der Waals surface area contributed by atoms with E-state index < -0.39 is 0 Å². The van der Waals surface area contributed by atoms with Gasteiger partial charge in [-0.2, -0.15) is 5.10 Å². The van der Waals surface area contributed by atoms with E-state index in [9.17, 15) is 0 Å². The highest BCUT2D eigenvalue weighted by atomic mass is 79.9. The van der Waals surface area contributed by atoms with Crippen LogP contribution in [0.1, 0.15) is 38.2 Å². The molecule has 1 N–H and O–H groups in total. The highest BCUT2D eigenvalue weighted by molar-refractivity contribution is 9.10. The molecule has 0 amide bonds. The van der Waals surface area contributed by atoms with Gasteiger partial charge in [0.05, 0.1) is 6.54 Å². The van der Waals surface area contributed by atoms with Crippen molar-refractivity contribution in [2.45, 2.75) is 39.9 Å². The number of benzene rings is 1. The van der Waals surface area contributed by atoms with Gasteiger partial charge in [0.1, 0.15) is 12.2 Å². The van der Waals surface area contributed by atoms with Crippen molar-refractivity contribution in [3.63, 3.8) is 0 Å². The van der Waals surface area contributed by atoms with Crippen LogP contribution in [-0.2, 0) is 13.1 Å². The van der Waals surface area contributed by atoms with E-state index in [-0.39, 0.29) is 6.04 Å². The van der Waals surface area contributed by atoms with E-state index in [1.54, 1.807) is 6.33 Å². The Hall–Kier alpha value is -1.20. The Bertz CT molecular complexity index is 550. The Kier molecular flexibility index (Phi) is 5.31. The standard InChI is InChI=1S/C15H21BrN4/c1-11(2)9-20-15(18-10-19-20)8-17-12(3)13-5-4-6-14(16)7-13/h4-7,10-12,17H,8-9H2,1-3H3/t12-/m1/s1. The SMILES string of the molecule is CC(C)Cn1ncnc1CN[C@H](C)c1cccc(Br)c1. The van der Waals surface area contributed by atoms with Crippen LogP contribution in [0.25, 0.3) is 0 Å². The lowest BCUT2D eigenvalue weighted by Gasteiger charge is -2.15. The minimum atomic E-state index is 0.275. The number of hydrogen-bond acceptors (Lipinski definition) is 3. The van der Waals surface area contributed by atoms with Crippen molar-refractivity contribution in [2.75, 3.05) is 0 Å². The third kappa shape index (κ3) is 4.15. The minimum Gasteiger partial charge on any atom is -0.303 e. The summed E-state index contributed by atoms with van der Waals surface area (Å²) in [6.45, 7) is 8.15. The summed E-state index contributed by atoms with van der Waals surface area (Å²) in [5.41, 5.74) is 1.26. The molecule has 0 bridgehead atoms. The molecule has 1 aromatic heterocycles. The van der Waals surface area contributed by atoms with E-state index in [1.165, 1.54) is 5.56 Å². The molecule has 5 heteroatoms. The Morgan fingerprint density at radius 1 is 1.30 bits per heavy atom. The van der Waals surface area contributed by atoms with Gasteiger partial charge in [0.15, 0.2) is 0 Å². The summed E-state index contributed by atoms with van der Waals surface area (Å²) < 4.78 is 3.08. The summed E-state index contributed by atoms with van der Waals surface area (Å²) in [5.74, 6) is 1.55. The van der Waals surface area contributed by atoms with Crippen molar-refractivity contribution < 1.29 is 0 Å². The minimum absolute atomic E-state index is 0.275. The molecule has 108 valence electrons. The summed E-state index contributed by atoms with van der Waals surface area (Å²) in [4.78, 5) is 4.33. The number of hydrogen-bond donors (Lipinski definition) is 1. The van der Waals surface area contributed by atoms with Gasteiger partial charge in [0.25, 0.3) is 0 Å². The highest BCUT2D eigenvalue weighted by Gasteiger charge is 2.09. The van der Waals surface area contributed by atoms with E-state index in [2.05, 4.69) is 70.3 Å². The van der Waals surface area contributed by atoms with E-state index >= 15 is 0 Å². The molecule has 1 aromatic carbocycles. The first kappa shape index (κ1) is 15.2. The first-order valence-corrected chi connectivity index (χ1v) is 7.71. The first-order valence-electron chi connectivity index (χ1n) is 6.91. The first-order chi connectivity index (χ1) is 9.56. The van der Waals surface area contributed by atoms with Gasteiger partial charge in [0.2, 0.25) is 0 Å². The van der Waals surface area contributed by atoms with Crippen molar-refractivity contribution in [1.29, 1.82) is 0 Å². The quantitative estimate of drug-likeness (QED) is 0.877. The number of aromatic nitrogens is 3. The number of halogens is 1. The zero-order valence-electron chi connectivity index (χ0n) is 12.2. The van der Waals surface area contributed by atoms with Crippen LogP contribution >= 0.6 is 15.9 Å². The largest absolute Gasteiger partial charge is 0.303 e. The van der Waals surface area contributed by atoms with Crippen LogP contribution < -0.4 is 5.32 Å². The van der Waals surface area contributed by atoms with Gasteiger partial charge in [-0.05, 0) is 30.5 Å². The maximum Gasteiger partial charge on any atom is 0.140 e. The maximum atomic E-state index is 4.33. The third-order valence-electron chi connectivity index (χ3n) is 3.15. The lowest BCUT2D eigenvalue weighted by Crippen LogP contribution is -2.22.